The zero-order chi connectivity index (χ0) is 14.6. The molecule has 0 heterocycles. The second-order valence-electron chi connectivity index (χ2n) is 5.29. The van der Waals surface area contributed by atoms with Gasteiger partial charge in [0.1, 0.15) is 5.75 Å². The van der Waals surface area contributed by atoms with E-state index in [1.165, 1.54) is 50.6 Å². The first kappa shape index (κ1) is 17.2. The fourth-order valence-electron chi connectivity index (χ4n) is 2.41. The molecular formula is C17H29NOS. The van der Waals surface area contributed by atoms with E-state index in [-0.39, 0.29) is 0 Å². The van der Waals surface area contributed by atoms with E-state index >= 15 is 0 Å². The smallest absolute Gasteiger partial charge is 0.142 e. The molecule has 3 heteroatoms. The normalized spacial score (nSPS) is 10.6. The van der Waals surface area contributed by atoms with E-state index in [1.807, 2.05) is 12.1 Å². The van der Waals surface area contributed by atoms with Gasteiger partial charge in [0, 0.05) is 13.6 Å². The first-order chi connectivity index (χ1) is 9.79. The van der Waals surface area contributed by atoms with Crippen molar-refractivity contribution in [1.29, 1.82) is 0 Å². The third kappa shape index (κ3) is 6.56. The highest BCUT2D eigenvalue weighted by atomic mass is 32.1. The number of methoxy groups -OCH3 is 1. The molecule has 0 spiro atoms. The molecule has 0 bridgehead atoms. The van der Waals surface area contributed by atoms with Crippen molar-refractivity contribution >= 4 is 18.3 Å². The molecule has 0 radical (unpaired) electrons. The maximum absolute atomic E-state index is 5.40. The molecule has 1 rings (SSSR count). The second-order valence-corrected chi connectivity index (χ2v) is 5.74. The molecule has 20 heavy (non-hydrogen) atoms. The minimum absolute atomic E-state index is 0.960. The topological polar surface area (TPSA) is 12.5 Å². The van der Waals surface area contributed by atoms with Crippen LogP contribution in [0.25, 0.3) is 0 Å². The number of thiol groups is 1. The number of benzene rings is 1. The Hall–Kier alpha value is -0.830. The van der Waals surface area contributed by atoms with Crippen molar-refractivity contribution in [2.75, 3.05) is 31.4 Å². The SMILES string of the molecule is COc1ccccc1N(C)CCCCCCCCCS. The summed E-state index contributed by atoms with van der Waals surface area (Å²) in [6.07, 6.45) is 9.26. The van der Waals surface area contributed by atoms with Crippen molar-refractivity contribution in [2.24, 2.45) is 0 Å². The Bertz CT molecular complexity index is 357. The summed E-state index contributed by atoms with van der Waals surface area (Å²) in [4.78, 5) is 2.29. The average Bonchev–Trinajstić information content (AvgIpc) is 2.49. The average molecular weight is 295 g/mol. The molecular weight excluding hydrogens is 266 g/mol. The van der Waals surface area contributed by atoms with Crippen molar-refractivity contribution in [3.05, 3.63) is 24.3 Å². The Morgan fingerprint density at radius 2 is 1.55 bits per heavy atom. The van der Waals surface area contributed by atoms with Crippen LogP contribution >= 0.6 is 12.6 Å². The van der Waals surface area contributed by atoms with Crippen LogP contribution in [0.5, 0.6) is 5.75 Å². The highest BCUT2D eigenvalue weighted by Gasteiger charge is 2.06. The third-order valence-corrected chi connectivity index (χ3v) is 3.96. The van der Waals surface area contributed by atoms with Gasteiger partial charge in [-0.15, -0.1) is 0 Å². The Labute approximate surface area is 129 Å². The van der Waals surface area contributed by atoms with Crippen LogP contribution in [-0.4, -0.2) is 26.5 Å². The van der Waals surface area contributed by atoms with Crippen LogP contribution in [0.3, 0.4) is 0 Å². The lowest BCUT2D eigenvalue weighted by Gasteiger charge is -2.21. The van der Waals surface area contributed by atoms with E-state index in [2.05, 4.69) is 36.7 Å². The molecule has 0 amide bonds. The molecule has 0 atom stereocenters. The highest BCUT2D eigenvalue weighted by molar-refractivity contribution is 7.80. The molecule has 0 aliphatic carbocycles. The zero-order valence-corrected chi connectivity index (χ0v) is 13.9. The monoisotopic (exact) mass is 295 g/mol. The quantitative estimate of drug-likeness (QED) is 0.465. The largest absolute Gasteiger partial charge is 0.495 e. The number of nitrogens with zero attached hydrogens (tertiary/aromatic N) is 1. The Morgan fingerprint density at radius 1 is 0.950 bits per heavy atom. The minimum Gasteiger partial charge on any atom is -0.495 e. The molecule has 0 saturated carbocycles. The lowest BCUT2D eigenvalue weighted by Crippen LogP contribution is -2.19. The summed E-state index contributed by atoms with van der Waals surface area (Å²) in [7, 11) is 3.88. The lowest BCUT2D eigenvalue weighted by atomic mass is 10.1. The molecule has 114 valence electrons. The molecule has 1 aromatic rings. The maximum atomic E-state index is 5.40. The van der Waals surface area contributed by atoms with Crippen LogP contribution in [0.2, 0.25) is 0 Å². The first-order valence-corrected chi connectivity index (χ1v) is 8.38. The molecule has 0 saturated heterocycles. The van der Waals surface area contributed by atoms with Crippen LogP contribution in [0.15, 0.2) is 24.3 Å². The van der Waals surface area contributed by atoms with Gasteiger partial charge in [-0.25, -0.2) is 0 Å². The van der Waals surface area contributed by atoms with Crippen molar-refractivity contribution in [3.8, 4) is 5.75 Å². The number of para-hydroxylation sites is 2. The van der Waals surface area contributed by atoms with Crippen molar-refractivity contribution in [3.63, 3.8) is 0 Å². The number of anilines is 1. The summed E-state index contributed by atoms with van der Waals surface area (Å²) in [6, 6.07) is 8.22. The van der Waals surface area contributed by atoms with Crippen molar-refractivity contribution in [1.82, 2.24) is 0 Å². The number of hydrogen-bond donors (Lipinski definition) is 1. The predicted molar refractivity (Wildman–Crippen MR) is 92.4 cm³/mol. The second kappa shape index (κ2) is 10.9. The van der Waals surface area contributed by atoms with Gasteiger partial charge in [0.05, 0.1) is 12.8 Å². The summed E-state index contributed by atoms with van der Waals surface area (Å²) in [5, 5.41) is 0. The summed E-state index contributed by atoms with van der Waals surface area (Å²) < 4.78 is 5.40. The van der Waals surface area contributed by atoms with Gasteiger partial charge < -0.3 is 9.64 Å². The molecule has 0 aliphatic heterocycles. The highest BCUT2D eigenvalue weighted by Crippen LogP contribution is 2.26. The van der Waals surface area contributed by atoms with Crippen LogP contribution in [0.1, 0.15) is 44.9 Å². The molecule has 0 fully saturated rings. The van der Waals surface area contributed by atoms with E-state index in [9.17, 15) is 0 Å². The molecule has 0 aromatic heterocycles. The van der Waals surface area contributed by atoms with Crippen LogP contribution < -0.4 is 9.64 Å². The Balaban J connectivity index is 2.15. The van der Waals surface area contributed by atoms with E-state index in [0.29, 0.717) is 0 Å². The van der Waals surface area contributed by atoms with Gasteiger partial charge >= 0.3 is 0 Å². The third-order valence-electron chi connectivity index (χ3n) is 3.65. The zero-order valence-electron chi connectivity index (χ0n) is 13.0. The number of ether oxygens (including phenoxy) is 1. The van der Waals surface area contributed by atoms with Gasteiger partial charge in [-0.1, -0.05) is 44.2 Å². The number of hydrogen-bond acceptors (Lipinski definition) is 3. The van der Waals surface area contributed by atoms with Crippen LogP contribution in [0, 0.1) is 0 Å². The summed E-state index contributed by atoms with van der Waals surface area (Å²) in [5.41, 5.74) is 1.18. The van der Waals surface area contributed by atoms with Gasteiger partial charge in [0.15, 0.2) is 0 Å². The van der Waals surface area contributed by atoms with Crippen molar-refractivity contribution < 1.29 is 4.74 Å². The van der Waals surface area contributed by atoms with Gasteiger partial charge in [-0.3, -0.25) is 0 Å². The number of unbranched alkanes of at least 4 members (excludes halogenated alkanes) is 6. The van der Waals surface area contributed by atoms with E-state index < -0.39 is 0 Å². The minimum atomic E-state index is 0.960. The maximum Gasteiger partial charge on any atom is 0.142 e. The number of rotatable bonds is 11. The standard InChI is InChI=1S/C17H29NOS/c1-18(16-12-8-9-13-17(16)19-2)14-10-6-4-3-5-7-11-15-20/h8-9,12-13,20H,3-7,10-11,14-15H2,1-2H3. The summed E-state index contributed by atoms with van der Waals surface area (Å²) in [5.74, 6) is 1.99. The fraction of sp³-hybridized carbons (Fsp3) is 0.647. The van der Waals surface area contributed by atoms with Crippen LogP contribution in [0.4, 0.5) is 5.69 Å². The van der Waals surface area contributed by atoms with Crippen LogP contribution in [-0.2, 0) is 0 Å². The van der Waals surface area contributed by atoms with Gasteiger partial charge in [-0.05, 0) is 30.7 Å². The Kier molecular flexibility index (Phi) is 9.38. The van der Waals surface area contributed by atoms with Gasteiger partial charge in [0.25, 0.3) is 0 Å². The van der Waals surface area contributed by atoms with Gasteiger partial charge in [0.2, 0.25) is 0 Å². The molecule has 0 aliphatic rings. The van der Waals surface area contributed by atoms with Crippen molar-refractivity contribution in [2.45, 2.75) is 44.9 Å². The molecule has 0 unspecified atom stereocenters. The molecule has 1 aromatic carbocycles. The van der Waals surface area contributed by atoms with E-state index in [4.69, 9.17) is 4.74 Å². The summed E-state index contributed by atoms with van der Waals surface area (Å²) in [6.45, 7) is 1.09. The summed E-state index contributed by atoms with van der Waals surface area (Å²) >= 11 is 4.24. The first-order valence-electron chi connectivity index (χ1n) is 7.74. The van der Waals surface area contributed by atoms with Gasteiger partial charge in [-0.2, -0.15) is 12.6 Å². The molecule has 0 N–H and O–H groups in total. The Morgan fingerprint density at radius 3 is 2.20 bits per heavy atom. The predicted octanol–water partition coefficient (Wildman–Crippen LogP) is 4.79. The van der Waals surface area contributed by atoms with E-state index in [0.717, 1.165) is 18.0 Å². The van der Waals surface area contributed by atoms with E-state index in [1.54, 1.807) is 7.11 Å². The fourth-order valence-corrected chi connectivity index (χ4v) is 2.63. The molecule has 2 nitrogen and oxygen atoms in total. The lowest BCUT2D eigenvalue weighted by molar-refractivity contribution is 0.414.